The van der Waals surface area contributed by atoms with E-state index in [2.05, 4.69) is 15.3 Å². The molecule has 0 unspecified atom stereocenters. The molecule has 0 saturated carbocycles. The lowest BCUT2D eigenvalue weighted by Gasteiger charge is -2.20. The molecule has 1 aliphatic rings. The van der Waals surface area contributed by atoms with Gasteiger partial charge >= 0.3 is 0 Å². The number of nitrogens with zero attached hydrogens (tertiary/aromatic N) is 3. The minimum Gasteiger partial charge on any atom is -0.363 e. The standard InChI is InChI=1S/C24H26N4O4S/c1-14-9-19(12-20(10-14)28(29)30)16(3)25-24-22-13-21(18-5-7-33(31,32)8-6-18)15(2)11-23(22)26-17(4)27-24/h5,9-13,16H,6-8H2,1-4H3,(H,25,26,27)/t16-/m1/s1. The van der Waals surface area contributed by atoms with Gasteiger partial charge < -0.3 is 5.32 Å². The van der Waals surface area contributed by atoms with Gasteiger partial charge in [-0.15, -0.1) is 0 Å². The molecule has 1 N–H and O–H groups in total. The first-order valence-electron chi connectivity index (χ1n) is 10.7. The largest absolute Gasteiger partial charge is 0.363 e. The Morgan fingerprint density at radius 2 is 1.85 bits per heavy atom. The second kappa shape index (κ2) is 8.55. The highest BCUT2D eigenvalue weighted by Gasteiger charge is 2.20. The van der Waals surface area contributed by atoms with Gasteiger partial charge in [-0.3, -0.25) is 10.1 Å². The predicted octanol–water partition coefficient (Wildman–Crippen LogP) is 4.84. The van der Waals surface area contributed by atoms with E-state index in [4.69, 9.17) is 0 Å². The van der Waals surface area contributed by atoms with Crippen LogP contribution < -0.4 is 5.32 Å². The topological polar surface area (TPSA) is 115 Å². The Morgan fingerprint density at radius 1 is 1.09 bits per heavy atom. The van der Waals surface area contributed by atoms with Crippen LogP contribution in [-0.4, -0.2) is 34.8 Å². The van der Waals surface area contributed by atoms with E-state index in [1.165, 1.54) is 0 Å². The zero-order valence-corrected chi connectivity index (χ0v) is 19.9. The number of hydrogen-bond acceptors (Lipinski definition) is 7. The summed E-state index contributed by atoms with van der Waals surface area (Å²) in [4.78, 5) is 20.1. The molecule has 172 valence electrons. The number of hydrogen-bond donors (Lipinski definition) is 1. The quantitative estimate of drug-likeness (QED) is 0.423. The number of non-ortho nitro benzene ring substituents is 1. The van der Waals surface area contributed by atoms with Crippen LogP contribution in [0.4, 0.5) is 11.5 Å². The van der Waals surface area contributed by atoms with Crippen LogP contribution in [0.25, 0.3) is 16.5 Å². The minimum absolute atomic E-state index is 0.0541. The number of fused-ring (bicyclic) bond motifs is 1. The third-order valence-electron chi connectivity index (χ3n) is 5.91. The number of aromatic nitrogens is 2. The van der Waals surface area contributed by atoms with Crippen LogP contribution >= 0.6 is 0 Å². The molecule has 0 fully saturated rings. The maximum Gasteiger partial charge on any atom is 0.270 e. The Kier molecular flexibility index (Phi) is 5.92. The third kappa shape index (κ3) is 4.88. The van der Waals surface area contributed by atoms with Crippen molar-refractivity contribution in [3.05, 3.63) is 74.6 Å². The van der Waals surface area contributed by atoms with Crippen molar-refractivity contribution in [3.8, 4) is 0 Å². The zero-order chi connectivity index (χ0) is 23.9. The van der Waals surface area contributed by atoms with Crippen LogP contribution in [0.15, 0.2) is 36.4 Å². The first kappa shape index (κ1) is 22.8. The molecule has 0 saturated heterocycles. The van der Waals surface area contributed by atoms with E-state index in [-0.39, 0.29) is 28.2 Å². The molecule has 2 aromatic carbocycles. The number of aryl methyl sites for hydroxylation is 3. The summed E-state index contributed by atoms with van der Waals surface area (Å²) in [5, 5.41) is 15.5. The molecule has 2 heterocycles. The summed E-state index contributed by atoms with van der Waals surface area (Å²) in [6, 6.07) is 8.82. The fraction of sp³-hybridized carbons (Fsp3) is 0.333. The summed E-state index contributed by atoms with van der Waals surface area (Å²) in [5.74, 6) is 1.45. The van der Waals surface area contributed by atoms with E-state index in [1.54, 1.807) is 18.2 Å². The van der Waals surface area contributed by atoms with Gasteiger partial charge in [-0.2, -0.15) is 0 Å². The number of allylic oxidation sites excluding steroid dienone is 1. The molecular weight excluding hydrogens is 440 g/mol. The first-order valence-corrected chi connectivity index (χ1v) is 12.6. The Hall–Kier alpha value is -3.33. The van der Waals surface area contributed by atoms with E-state index in [0.717, 1.165) is 38.7 Å². The van der Waals surface area contributed by atoms with Gasteiger partial charge in [-0.25, -0.2) is 18.4 Å². The number of nitro benzene ring substituents is 1. The van der Waals surface area contributed by atoms with E-state index in [9.17, 15) is 18.5 Å². The summed E-state index contributed by atoms with van der Waals surface area (Å²) >= 11 is 0. The molecule has 33 heavy (non-hydrogen) atoms. The number of nitro groups is 1. The van der Waals surface area contributed by atoms with Crippen molar-refractivity contribution in [3.63, 3.8) is 0 Å². The van der Waals surface area contributed by atoms with Crippen LogP contribution in [0.3, 0.4) is 0 Å². The molecule has 8 nitrogen and oxygen atoms in total. The maximum atomic E-state index is 11.8. The number of anilines is 1. The van der Waals surface area contributed by atoms with Crippen LogP contribution in [0.2, 0.25) is 0 Å². The number of sulfone groups is 1. The molecule has 3 aromatic rings. The second-order valence-corrected chi connectivity index (χ2v) is 10.9. The highest BCUT2D eigenvalue weighted by atomic mass is 32.2. The second-order valence-electron chi connectivity index (χ2n) is 8.62. The van der Waals surface area contributed by atoms with Gasteiger partial charge in [-0.1, -0.05) is 12.1 Å². The van der Waals surface area contributed by atoms with E-state index in [0.29, 0.717) is 18.1 Å². The minimum atomic E-state index is -3.01. The molecule has 1 aliphatic heterocycles. The summed E-state index contributed by atoms with van der Waals surface area (Å²) in [6.45, 7) is 7.59. The molecule has 0 radical (unpaired) electrons. The van der Waals surface area contributed by atoms with Crippen LogP contribution in [0, 0.1) is 30.9 Å². The molecule has 4 rings (SSSR count). The van der Waals surface area contributed by atoms with Crippen molar-refractivity contribution in [2.24, 2.45) is 0 Å². The Morgan fingerprint density at radius 3 is 2.52 bits per heavy atom. The Bertz CT molecular complexity index is 1410. The average molecular weight is 467 g/mol. The molecule has 0 aliphatic carbocycles. The fourth-order valence-corrected chi connectivity index (χ4v) is 5.36. The molecule has 0 amide bonds. The zero-order valence-electron chi connectivity index (χ0n) is 19.0. The lowest BCUT2D eigenvalue weighted by atomic mass is 9.96. The van der Waals surface area contributed by atoms with Crippen LogP contribution in [0.5, 0.6) is 0 Å². The average Bonchev–Trinajstić information content (AvgIpc) is 2.73. The van der Waals surface area contributed by atoms with Gasteiger partial charge in [0.15, 0.2) is 9.84 Å². The van der Waals surface area contributed by atoms with E-state index in [1.807, 2.05) is 45.9 Å². The maximum absolute atomic E-state index is 11.8. The fourth-order valence-electron chi connectivity index (χ4n) is 4.21. The van der Waals surface area contributed by atoms with Crippen molar-refractivity contribution in [2.45, 2.75) is 40.2 Å². The highest BCUT2D eigenvalue weighted by molar-refractivity contribution is 7.91. The Labute approximate surface area is 192 Å². The van der Waals surface area contributed by atoms with Gasteiger partial charge in [-0.05, 0) is 74.1 Å². The monoisotopic (exact) mass is 466 g/mol. The molecular formula is C24H26N4O4S. The van der Waals surface area contributed by atoms with Gasteiger partial charge in [0.25, 0.3) is 5.69 Å². The van der Waals surface area contributed by atoms with Crippen molar-refractivity contribution in [1.29, 1.82) is 0 Å². The van der Waals surface area contributed by atoms with Crippen LogP contribution in [-0.2, 0) is 9.84 Å². The van der Waals surface area contributed by atoms with E-state index >= 15 is 0 Å². The summed E-state index contributed by atoms with van der Waals surface area (Å²) in [6.07, 6.45) is 2.27. The van der Waals surface area contributed by atoms with Crippen molar-refractivity contribution in [2.75, 3.05) is 16.8 Å². The Balaban J connectivity index is 1.76. The lowest BCUT2D eigenvalue weighted by Crippen LogP contribution is -2.15. The predicted molar refractivity (Wildman–Crippen MR) is 130 cm³/mol. The summed E-state index contributed by atoms with van der Waals surface area (Å²) in [5.41, 5.74) is 5.48. The van der Waals surface area contributed by atoms with Gasteiger partial charge in [0, 0.05) is 17.5 Å². The molecule has 0 bridgehead atoms. The molecule has 9 heteroatoms. The number of benzene rings is 2. The lowest BCUT2D eigenvalue weighted by molar-refractivity contribution is -0.385. The molecule has 1 atom stereocenters. The number of nitrogens with one attached hydrogen (secondary N) is 1. The van der Waals surface area contributed by atoms with Crippen molar-refractivity contribution in [1.82, 2.24) is 9.97 Å². The molecule has 0 spiro atoms. The normalized spacial score (nSPS) is 16.3. The van der Waals surface area contributed by atoms with E-state index < -0.39 is 9.84 Å². The third-order valence-corrected chi connectivity index (χ3v) is 7.41. The summed E-state index contributed by atoms with van der Waals surface area (Å²) < 4.78 is 23.7. The molecule has 1 aromatic heterocycles. The van der Waals surface area contributed by atoms with Gasteiger partial charge in [0.2, 0.25) is 0 Å². The number of rotatable bonds is 5. The SMILES string of the molecule is Cc1cc([C@@H](C)Nc2nc(C)nc3cc(C)c(C4=CCS(=O)(=O)CC4)cc23)cc([N+](=O)[O-])c1. The first-order chi connectivity index (χ1) is 15.5. The highest BCUT2D eigenvalue weighted by Crippen LogP contribution is 2.33. The van der Waals surface area contributed by atoms with Gasteiger partial charge in [0.05, 0.1) is 28.0 Å². The van der Waals surface area contributed by atoms with Crippen molar-refractivity contribution >= 4 is 37.8 Å². The smallest absolute Gasteiger partial charge is 0.270 e. The van der Waals surface area contributed by atoms with Crippen LogP contribution in [0.1, 0.15) is 47.5 Å². The van der Waals surface area contributed by atoms with Crippen molar-refractivity contribution < 1.29 is 13.3 Å². The van der Waals surface area contributed by atoms with Gasteiger partial charge in [0.1, 0.15) is 11.6 Å². The summed E-state index contributed by atoms with van der Waals surface area (Å²) in [7, 11) is -3.01.